The monoisotopic (exact) mass is 180 g/mol. The van der Waals surface area contributed by atoms with Crippen LogP contribution in [0.2, 0.25) is 0 Å². The molecule has 0 bridgehead atoms. The summed E-state index contributed by atoms with van der Waals surface area (Å²) >= 11 is 0. The van der Waals surface area contributed by atoms with Crippen LogP contribution in [-0.2, 0) is 0 Å². The van der Waals surface area contributed by atoms with Crippen molar-refractivity contribution in [3.63, 3.8) is 0 Å². The van der Waals surface area contributed by atoms with E-state index >= 15 is 0 Å². The first kappa shape index (κ1) is 8.72. The normalized spacial score (nSPS) is 15.9. The highest BCUT2D eigenvalue weighted by atomic mass is 19.1. The molecule has 0 aliphatic heterocycles. The largest absolute Gasteiger partial charge is 0.491 e. The Bertz CT molecular complexity index is 323. The number of hydrogen-bond acceptors (Lipinski definition) is 2. The second kappa shape index (κ2) is 3.12. The van der Waals surface area contributed by atoms with Gasteiger partial charge in [-0.15, -0.1) is 0 Å². The van der Waals surface area contributed by atoms with Crippen LogP contribution < -0.4 is 5.46 Å². The lowest BCUT2D eigenvalue weighted by Crippen LogP contribution is -2.32. The maximum atomic E-state index is 13.2. The van der Waals surface area contributed by atoms with E-state index in [-0.39, 0.29) is 5.46 Å². The maximum absolute atomic E-state index is 13.2. The molecule has 0 unspecified atom stereocenters. The smallest absolute Gasteiger partial charge is 0.423 e. The standard InChI is InChI=1S/C9H10BFO2/c11-9-5-7(6-1-2-6)3-4-8(9)10(12)13/h3-6,12-13H,1-2H2. The second-order valence-electron chi connectivity index (χ2n) is 3.43. The molecule has 13 heavy (non-hydrogen) atoms. The SMILES string of the molecule is OB(O)c1ccc(C2CC2)cc1F. The van der Waals surface area contributed by atoms with Crippen LogP contribution in [0, 0.1) is 5.82 Å². The van der Waals surface area contributed by atoms with Crippen molar-refractivity contribution < 1.29 is 14.4 Å². The molecule has 2 N–H and O–H groups in total. The molecule has 68 valence electrons. The van der Waals surface area contributed by atoms with Crippen molar-refractivity contribution in [3.8, 4) is 0 Å². The molecule has 1 saturated carbocycles. The summed E-state index contributed by atoms with van der Waals surface area (Å²) in [5.41, 5.74) is 0.909. The van der Waals surface area contributed by atoms with E-state index < -0.39 is 12.9 Å². The van der Waals surface area contributed by atoms with Gasteiger partial charge in [-0.2, -0.15) is 0 Å². The minimum atomic E-state index is -1.71. The maximum Gasteiger partial charge on any atom is 0.491 e. The summed E-state index contributed by atoms with van der Waals surface area (Å²) in [6.07, 6.45) is 2.22. The summed E-state index contributed by atoms with van der Waals surface area (Å²) in [5, 5.41) is 17.5. The van der Waals surface area contributed by atoms with Crippen LogP contribution in [0.15, 0.2) is 18.2 Å². The number of halogens is 1. The summed E-state index contributed by atoms with van der Waals surface area (Å²) < 4.78 is 13.2. The van der Waals surface area contributed by atoms with Crippen molar-refractivity contribution in [2.75, 3.05) is 0 Å². The van der Waals surface area contributed by atoms with Gasteiger partial charge in [-0.05, 0) is 30.4 Å². The molecule has 0 amide bonds. The van der Waals surface area contributed by atoms with Crippen molar-refractivity contribution >= 4 is 12.6 Å². The quantitative estimate of drug-likeness (QED) is 0.646. The number of rotatable bonds is 2. The molecule has 0 heterocycles. The van der Waals surface area contributed by atoms with E-state index in [2.05, 4.69) is 0 Å². The molecule has 1 fully saturated rings. The van der Waals surface area contributed by atoms with E-state index in [0.717, 1.165) is 18.4 Å². The number of benzene rings is 1. The fourth-order valence-electron chi connectivity index (χ4n) is 1.42. The van der Waals surface area contributed by atoms with Gasteiger partial charge in [0.2, 0.25) is 0 Å². The molecule has 1 aromatic carbocycles. The zero-order valence-corrected chi connectivity index (χ0v) is 7.07. The van der Waals surface area contributed by atoms with E-state index in [0.29, 0.717) is 5.92 Å². The van der Waals surface area contributed by atoms with Gasteiger partial charge in [0, 0.05) is 5.46 Å². The van der Waals surface area contributed by atoms with E-state index in [4.69, 9.17) is 10.0 Å². The van der Waals surface area contributed by atoms with E-state index in [1.54, 1.807) is 6.07 Å². The summed E-state index contributed by atoms with van der Waals surface area (Å²) in [6, 6.07) is 4.59. The molecule has 2 rings (SSSR count). The Labute approximate surface area is 76.2 Å². The van der Waals surface area contributed by atoms with Gasteiger partial charge in [-0.3, -0.25) is 0 Å². The van der Waals surface area contributed by atoms with Crippen LogP contribution >= 0.6 is 0 Å². The first-order valence-corrected chi connectivity index (χ1v) is 4.34. The predicted octanol–water partition coefficient (Wildman–Crippen LogP) is 0.383. The van der Waals surface area contributed by atoms with Gasteiger partial charge < -0.3 is 10.0 Å². The van der Waals surface area contributed by atoms with Gasteiger partial charge in [0.05, 0.1) is 0 Å². The average Bonchev–Trinajstić information content (AvgIpc) is 2.85. The van der Waals surface area contributed by atoms with E-state index in [1.165, 1.54) is 12.1 Å². The Hall–Kier alpha value is -0.865. The third-order valence-corrected chi connectivity index (χ3v) is 2.35. The molecule has 1 aromatic rings. The third-order valence-electron chi connectivity index (χ3n) is 2.35. The summed E-state index contributed by atoms with van der Waals surface area (Å²) in [6.45, 7) is 0. The fraction of sp³-hybridized carbons (Fsp3) is 0.333. The molecule has 0 atom stereocenters. The predicted molar refractivity (Wildman–Crippen MR) is 48.2 cm³/mol. The van der Waals surface area contributed by atoms with Crippen molar-refractivity contribution in [1.82, 2.24) is 0 Å². The van der Waals surface area contributed by atoms with Crippen LogP contribution in [0.4, 0.5) is 4.39 Å². The first-order valence-electron chi connectivity index (χ1n) is 4.34. The van der Waals surface area contributed by atoms with Crippen LogP contribution in [0.3, 0.4) is 0 Å². The highest BCUT2D eigenvalue weighted by Crippen LogP contribution is 2.39. The van der Waals surface area contributed by atoms with Gasteiger partial charge in [-0.1, -0.05) is 12.1 Å². The van der Waals surface area contributed by atoms with Gasteiger partial charge in [0.15, 0.2) is 0 Å². The Morgan fingerprint density at radius 2 is 2.00 bits per heavy atom. The molecule has 1 aliphatic carbocycles. The van der Waals surface area contributed by atoms with Crippen molar-refractivity contribution in [1.29, 1.82) is 0 Å². The van der Waals surface area contributed by atoms with E-state index in [9.17, 15) is 4.39 Å². The molecular formula is C9H10BFO2. The van der Waals surface area contributed by atoms with Crippen molar-refractivity contribution in [3.05, 3.63) is 29.6 Å². The zero-order valence-electron chi connectivity index (χ0n) is 7.07. The van der Waals surface area contributed by atoms with Crippen molar-refractivity contribution in [2.45, 2.75) is 18.8 Å². The van der Waals surface area contributed by atoms with Crippen LogP contribution in [0.1, 0.15) is 24.3 Å². The Kier molecular flexibility index (Phi) is 2.10. The van der Waals surface area contributed by atoms with E-state index in [1.807, 2.05) is 0 Å². The Morgan fingerprint density at radius 3 is 2.46 bits per heavy atom. The minimum absolute atomic E-state index is 0.0515. The van der Waals surface area contributed by atoms with Crippen LogP contribution in [0.5, 0.6) is 0 Å². The zero-order chi connectivity index (χ0) is 9.42. The molecule has 0 aromatic heterocycles. The second-order valence-corrected chi connectivity index (χ2v) is 3.43. The lowest BCUT2D eigenvalue weighted by atomic mass is 9.79. The molecular weight excluding hydrogens is 170 g/mol. The van der Waals surface area contributed by atoms with Crippen molar-refractivity contribution in [2.24, 2.45) is 0 Å². The Balaban J connectivity index is 2.31. The summed E-state index contributed by atoms with van der Waals surface area (Å²) in [5.74, 6) is -0.0428. The first-order chi connectivity index (χ1) is 6.18. The third kappa shape index (κ3) is 1.74. The Morgan fingerprint density at radius 1 is 1.31 bits per heavy atom. The van der Waals surface area contributed by atoms with Gasteiger partial charge >= 0.3 is 7.12 Å². The van der Waals surface area contributed by atoms with Crippen LogP contribution in [-0.4, -0.2) is 17.2 Å². The minimum Gasteiger partial charge on any atom is -0.423 e. The lowest BCUT2D eigenvalue weighted by molar-refractivity contribution is 0.423. The summed E-state index contributed by atoms with van der Waals surface area (Å²) in [7, 11) is -1.71. The molecule has 2 nitrogen and oxygen atoms in total. The van der Waals surface area contributed by atoms with Gasteiger partial charge in [-0.25, -0.2) is 4.39 Å². The van der Waals surface area contributed by atoms with Gasteiger partial charge in [0.1, 0.15) is 5.82 Å². The average molecular weight is 180 g/mol. The topological polar surface area (TPSA) is 40.5 Å². The fourth-order valence-corrected chi connectivity index (χ4v) is 1.42. The molecule has 4 heteroatoms. The highest BCUT2D eigenvalue weighted by molar-refractivity contribution is 6.58. The molecule has 0 radical (unpaired) electrons. The molecule has 1 aliphatic rings. The highest BCUT2D eigenvalue weighted by Gasteiger charge is 2.25. The molecule has 0 saturated heterocycles. The number of hydrogen-bond donors (Lipinski definition) is 2. The molecule has 0 spiro atoms. The lowest BCUT2D eigenvalue weighted by Gasteiger charge is -2.03. The van der Waals surface area contributed by atoms with Crippen LogP contribution in [0.25, 0.3) is 0 Å². The summed E-state index contributed by atoms with van der Waals surface area (Å²) in [4.78, 5) is 0. The van der Waals surface area contributed by atoms with Gasteiger partial charge in [0.25, 0.3) is 0 Å².